The zero-order valence-corrected chi connectivity index (χ0v) is 14.7. The van der Waals surface area contributed by atoms with Crippen LogP contribution in [-0.2, 0) is 22.5 Å². The maximum Gasteiger partial charge on any atom is 0.223 e. The number of benzene rings is 1. The Morgan fingerprint density at radius 2 is 2.29 bits per heavy atom. The molecular weight excluding hydrogens is 324 g/mol. The fourth-order valence-electron chi connectivity index (χ4n) is 3.06. The number of ether oxygens (including phenoxy) is 1. The van der Waals surface area contributed by atoms with Crippen molar-refractivity contribution in [1.29, 1.82) is 0 Å². The minimum absolute atomic E-state index is 0.0547. The van der Waals surface area contributed by atoms with Crippen molar-refractivity contribution in [2.75, 3.05) is 6.61 Å². The molecule has 2 heterocycles. The van der Waals surface area contributed by atoms with E-state index in [1.807, 2.05) is 36.6 Å². The average Bonchev–Trinajstić information content (AvgIpc) is 2.94. The van der Waals surface area contributed by atoms with Crippen LogP contribution in [0.4, 0.5) is 0 Å². The molecule has 0 radical (unpaired) electrons. The predicted octanol–water partition coefficient (Wildman–Crippen LogP) is 2.84. The number of carbonyl (C=O) groups excluding carboxylic acids is 1. The molecule has 6 nitrogen and oxygen atoms in total. The first-order valence-corrected chi connectivity index (χ1v) is 8.59. The Balaban J connectivity index is 1.62. The van der Waals surface area contributed by atoms with Gasteiger partial charge >= 0.3 is 0 Å². The van der Waals surface area contributed by atoms with Crippen LogP contribution in [-0.4, -0.2) is 27.3 Å². The lowest BCUT2D eigenvalue weighted by molar-refractivity contribution is -0.124. The number of amides is 1. The first-order chi connectivity index (χ1) is 11.6. The van der Waals surface area contributed by atoms with E-state index in [0.29, 0.717) is 24.3 Å². The molecule has 128 valence electrons. The molecule has 3 rings (SSSR count). The third kappa shape index (κ3) is 3.57. The normalized spacial score (nSPS) is 16.9. The van der Waals surface area contributed by atoms with Gasteiger partial charge in [-0.3, -0.25) is 9.89 Å². The predicted molar refractivity (Wildman–Crippen MR) is 93.1 cm³/mol. The second-order valence-corrected chi connectivity index (χ2v) is 6.58. The van der Waals surface area contributed by atoms with Crippen LogP contribution in [0.15, 0.2) is 24.3 Å². The number of nitrogens with zero attached hydrogens (tertiary/aromatic N) is 2. The highest BCUT2D eigenvalue weighted by Crippen LogP contribution is 2.29. The summed E-state index contributed by atoms with van der Waals surface area (Å²) in [5.41, 5.74) is 2.38. The van der Waals surface area contributed by atoms with Gasteiger partial charge in [0.05, 0.1) is 25.7 Å². The number of nitrogens with one attached hydrogen (secondary N) is 2. The van der Waals surface area contributed by atoms with Crippen molar-refractivity contribution in [1.82, 2.24) is 20.1 Å². The summed E-state index contributed by atoms with van der Waals surface area (Å²) < 4.78 is 8.26. The van der Waals surface area contributed by atoms with Gasteiger partial charge in [0.1, 0.15) is 0 Å². The molecule has 0 spiro atoms. The van der Waals surface area contributed by atoms with Crippen molar-refractivity contribution in [3.63, 3.8) is 0 Å². The molecular formula is C17H22N4O2S. The van der Waals surface area contributed by atoms with Crippen LogP contribution in [0.2, 0.25) is 0 Å². The standard InChI is InChI=1S/C17H22N4O2S/c1-11(2)21-15(19-20-17(21)24)10-18-16(22)9-14-13-6-4-3-5-12(13)7-8-23-14/h3-6,11,14H,7-10H2,1-2H3,(H,18,22)(H,20,24). The summed E-state index contributed by atoms with van der Waals surface area (Å²) >= 11 is 5.22. The highest BCUT2D eigenvalue weighted by atomic mass is 32.1. The number of rotatable bonds is 5. The van der Waals surface area contributed by atoms with Crippen LogP contribution in [0.1, 0.15) is 49.4 Å². The number of hydrogen-bond donors (Lipinski definition) is 2. The summed E-state index contributed by atoms with van der Waals surface area (Å²) in [6, 6.07) is 8.34. The molecule has 24 heavy (non-hydrogen) atoms. The van der Waals surface area contributed by atoms with Crippen LogP contribution in [0, 0.1) is 4.77 Å². The second-order valence-electron chi connectivity index (χ2n) is 6.20. The third-order valence-electron chi connectivity index (χ3n) is 4.20. The summed E-state index contributed by atoms with van der Waals surface area (Å²) in [4.78, 5) is 12.3. The molecule has 2 aromatic rings. The number of aromatic nitrogens is 3. The number of fused-ring (bicyclic) bond motifs is 1. The van der Waals surface area contributed by atoms with E-state index >= 15 is 0 Å². The van der Waals surface area contributed by atoms with E-state index in [1.54, 1.807) is 0 Å². The van der Waals surface area contributed by atoms with Gasteiger partial charge in [0, 0.05) is 6.04 Å². The summed E-state index contributed by atoms with van der Waals surface area (Å²) in [7, 11) is 0. The zero-order valence-electron chi connectivity index (χ0n) is 13.9. The molecule has 1 unspecified atom stereocenters. The highest BCUT2D eigenvalue weighted by molar-refractivity contribution is 7.71. The Morgan fingerprint density at radius 3 is 3.08 bits per heavy atom. The smallest absolute Gasteiger partial charge is 0.223 e. The van der Waals surface area contributed by atoms with Gasteiger partial charge in [-0.05, 0) is 43.6 Å². The lowest BCUT2D eigenvalue weighted by Crippen LogP contribution is -2.28. The second kappa shape index (κ2) is 7.27. The molecule has 0 saturated carbocycles. The van der Waals surface area contributed by atoms with Crippen LogP contribution in [0.25, 0.3) is 0 Å². The maximum atomic E-state index is 12.3. The van der Waals surface area contributed by atoms with Gasteiger partial charge in [0.2, 0.25) is 5.91 Å². The first-order valence-electron chi connectivity index (χ1n) is 8.18. The van der Waals surface area contributed by atoms with E-state index in [1.165, 1.54) is 5.56 Å². The summed E-state index contributed by atoms with van der Waals surface area (Å²) in [6.45, 7) is 5.06. The van der Waals surface area contributed by atoms with Gasteiger partial charge in [-0.15, -0.1) is 0 Å². The van der Waals surface area contributed by atoms with Crippen LogP contribution >= 0.6 is 12.2 Å². The van der Waals surface area contributed by atoms with Gasteiger partial charge in [-0.1, -0.05) is 24.3 Å². The van der Waals surface area contributed by atoms with Gasteiger partial charge in [-0.25, -0.2) is 0 Å². The van der Waals surface area contributed by atoms with Gasteiger partial charge < -0.3 is 14.6 Å². The van der Waals surface area contributed by atoms with E-state index in [-0.39, 0.29) is 18.1 Å². The van der Waals surface area contributed by atoms with Crippen molar-refractivity contribution in [2.24, 2.45) is 0 Å². The number of aromatic amines is 1. The van der Waals surface area contributed by atoms with Crippen molar-refractivity contribution < 1.29 is 9.53 Å². The van der Waals surface area contributed by atoms with E-state index in [4.69, 9.17) is 17.0 Å². The Bertz CT molecular complexity index is 781. The monoisotopic (exact) mass is 346 g/mol. The van der Waals surface area contributed by atoms with E-state index in [9.17, 15) is 4.79 Å². The lowest BCUT2D eigenvalue weighted by atomic mass is 9.96. The van der Waals surface area contributed by atoms with Crippen molar-refractivity contribution in [3.8, 4) is 0 Å². The molecule has 0 fully saturated rings. The summed E-state index contributed by atoms with van der Waals surface area (Å²) in [5, 5.41) is 9.89. The van der Waals surface area contributed by atoms with Crippen molar-refractivity contribution >= 4 is 18.1 Å². The molecule has 7 heteroatoms. The number of carbonyl (C=O) groups is 1. The Morgan fingerprint density at radius 1 is 1.50 bits per heavy atom. The molecule has 0 saturated heterocycles. The van der Waals surface area contributed by atoms with Gasteiger partial charge in [-0.2, -0.15) is 5.10 Å². The van der Waals surface area contributed by atoms with Crippen LogP contribution in [0.3, 0.4) is 0 Å². The average molecular weight is 346 g/mol. The molecule has 1 atom stereocenters. The minimum Gasteiger partial charge on any atom is -0.373 e. The fourth-order valence-corrected chi connectivity index (χ4v) is 3.42. The quantitative estimate of drug-likeness (QED) is 0.817. The molecule has 1 aromatic heterocycles. The highest BCUT2D eigenvalue weighted by Gasteiger charge is 2.23. The minimum atomic E-state index is -0.180. The molecule has 1 aromatic carbocycles. The molecule has 1 aliphatic rings. The fraction of sp³-hybridized carbons (Fsp3) is 0.471. The maximum absolute atomic E-state index is 12.3. The molecule has 1 aliphatic heterocycles. The van der Waals surface area contributed by atoms with Crippen LogP contribution < -0.4 is 5.32 Å². The van der Waals surface area contributed by atoms with E-state index in [2.05, 4.69) is 21.6 Å². The zero-order chi connectivity index (χ0) is 17.1. The first kappa shape index (κ1) is 16.9. The van der Waals surface area contributed by atoms with Crippen molar-refractivity contribution in [3.05, 3.63) is 46.0 Å². The molecule has 2 N–H and O–H groups in total. The lowest BCUT2D eigenvalue weighted by Gasteiger charge is -2.25. The number of H-pyrrole nitrogens is 1. The topological polar surface area (TPSA) is 71.9 Å². The third-order valence-corrected chi connectivity index (χ3v) is 4.49. The van der Waals surface area contributed by atoms with E-state index in [0.717, 1.165) is 17.8 Å². The van der Waals surface area contributed by atoms with Crippen LogP contribution in [0.5, 0.6) is 0 Å². The largest absolute Gasteiger partial charge is 0.373 e. The molecule has 0 bridgehead atoms. The Kier molecular flexibility index (Phi) is 5.11. The van der Waals surface area contributed by atoms with Gasteiger partial charge in [0.15, 0.2) is 10.6 Å². The summed E-state index contributed by atoms with van der Waals surface area (Å²) in [6.07, 6.45) is 1.03. The van der Waals surface area contributed by atoms with E-state index < -0.39 is 0 Å². The summed E-state index contributed by atoms with van der Waals surface area (Å²) in [5.74, 6) is 0.675. The Labute approximate surface area is 146 Å². The van der Waals surface area contributed by atoms with Crippen molar-refractivity contribution in [2.45, 2.75) is 45.4 Å². The number of hydrogen-bond acceptors (Lipinski definition) is 4. The van der Waals surface area contributed by atoms with Gasteiger partial charge in [0.25, 0.3) is 0 Å². The SMILES string of the molecule is CC(C)n1c(CNC(=O)CC2OCCc3ccccc32)n[nH]c1=S. The molecule has 0 aliphatic carbocycles. The molecule has 1 amide bonds. The Hall–Kier alpha value is -1.99.